The van der Waals surface area contributed by atoms with Gasteiger partial charge in [-0.25, -0.2) is 0 Å². The molecule has 0 aliphatic rings. The largest absolute Gasteiger partial charge is 0.497 e. The van der Waals surface area contributed by atoms with E-state index in [-0.39, 0.29) is 18.3 Å². The monoisotopic (exact) mass is 337 g/mol. The standard InChI is InChI=1S/C20H19NO4/c1-23-17-9-7-15(8-10-17)13-21-20(22)19-16(11-12-24-19)14-25-18-5-3-2-4-6-18/h2-12H,13-14H2,1H3,(H,21,22). The third-order valence-electron chi connectivity index (χ3n) is 3.70. The van der Waals surface area contributed by atoms with Crippen LogP contribution in [0.4, 0.5) is 0 Å². The second kappa shape index (κ2) is 8.06. The van der Waals surface area contributed by atoms with Gasteiger partial charge in [0, 0.05) is 12.1 Å². The lowest BCUT2D eigenvalue weighted by molar-refractivity contribution is 0.0919. The highest BCUT2D eigenvalue weighted by atomic mass is 16.5. The van der Waals surface area contributed by atoms with Gasteiger partial charge < -0.3 is 19.2 Å². The minimum Gasteiger partial charge on any atom is -0.497 e. The number of hydrogen-bond acceptors (Lipinski definition) is 4. The molecule has 1 heterocycles. The third kappa shape index (κ3) is 4.41. The van der Waals surface area contributed by atoms with Gasteiger partial charge >= 0.3 is 0 Å². The van der Waals surface area contributed by atoms with Crippen LogP contribution in [-0.2, 0) is 13.2 Å². The lowest BCUT2D eigenvalue weighted by atomic mass is 10.2. The van der Waals surface area contributed by atoms with Crippen molar-refractivity contribution in [1.82, 2.24) is 5.32 Å². The number of methoxy groups -OCH3 is 1. The van der Waals surface area contributed by atoms with Crippen LogP contribution < -0.4 is 14.8 Å². The Morgan fingerprint density at radius 3 is 2.48 bits per heavy atom. The van der Waals surface area contributed by atoms with Gasteiger partial charge in [-0.1, -0.05) is 30.3 Å². The predicted octanol–water partition coefficient (Wildman–Crippen LogP) is 3.80. The van der Waals surface area contributed by atoms with Crippen LogP contribution in [0.2, 0.25) is 0 Å². The molecule has 0 aliphatic carbocycles. The maximum absolute atomic E-state index is 12.3. The Morgan fingerprint density at radius 1 is 1.00 bits per heavy atom. The van der Waals surface area contributed by atoms with Crippen LogP contribution in [-0.4, -0.2) is 13.0 Å². The van der Waals surface area contributed by atoms with Crippen LogP contribution in [0.3, 0.4) is 0 Å². The first-order valence-electron chi connectivity index (χ1n) is 7.91. The van der Waals surface area contributed by atoms with Gasteiger partial charge in [-0.15, -0.1) is 0 Å². The van der Waals surface area contributed by atoms with E-state index in [1.807, 2.05) is 54.6 Å². The van der Waals surface area contributed by atoms with Crippen molar-refractivity contribution in [3.8, 4) is 11.5 Å². The van der Waals surface area contributed by atoms with Gasteiger partial charge in [0.25, 0.3) is 5.91 Å². The summed E-state index contributed by atoms with van der Waals surface area (Å²) in [7, 11) is 1.62. The summed E-state index contributed by atoms with van der Waals surface area (Å²) in [4.78, 5) is 12.3. The molecule has 0 bridgehead atoms. The Bertz CT molecular complexity index is 809. The molecule has 0 atom stereocenters. The van der Waals surface area contributed by atoms with E-state index in [9.17, 15) is 4.79 Å². The summed E-state index contributed by atoms with van der Waals surface area (Å²) < 4.78 is 16.1. The molecule has 1 N–H and O–H groups in total. The number of ether oxygens (including phenoxy) is 2. The van der Waals surface area contributed by atoms with Crippen molar-refractivity contribution in [3.05, 3.63) is 83.8 Å². The quantitative estimate of drug-likeness (QED) is 0.712. The summed E-state index contributed by atoms with van der Waals surface area (Å²) in [5.41, 5.74) is 1.68. The van der Waals surface area contributed by atoms with Crippen molar-refractivity contribution in [1.29, 1.82) is 0 Å². The zero-order valence-corrected chi connectivity index (χ0v) is 13.9. The van der Waals surface area contributed by atoms with E-state index in [1.54, 1.807) is 13.2 Å². The van der Waals surface area contributed by atoms with E-state index in [1.165, 1.54) is 6.26 Å². The maximum atomic E-state index is 12.3. The van der Waals surface area contributed by atoms with Crippen molar-refractivity contribution in [2.24, 2.45) is 0 Å². The van der Waals surface area contributed by atoms with Gasteiger partial charge in [0.15, 0.2) is 5.76 Å². The first-order valence-corrected chi connectivity index (χ1v) is 7.91. The molecule has 0 saturated carbocycles. The smallest absolute Gasteiger partial charge is 0.287 e. The number of rotatable bonds is 7. The van der Waals surface area contributed by atoms with Crippen LogP contribution >= 0.6 is 0 Å². The second-order valence-corrected chi connectivity index (χ2v) is 5.41. The van der Waals surface area contributed by atoms with E-state index in [4.69, 9.17) is 13.9 Å². The summed E-state index contributed by atoms with van der Waals surface area (Å²) in [5, 5.41) is 2.85. The summed E-state index contributed by atoms with van der Waals surface area (Å²) in [6, 6.07) is 18.7. The molecule has 128 valence electrons. The van der Waals surface area contributed by atoms with Crippen molar-refractivity contribution in [2.45, 2.75) is 13.2 Å². The topological polar surface area (TPSA) is 60.7 Å². The Labute approximate surface area is 146 Å². The first-order chi connectivity index (χ1) is 12.3. The molecule has 0 unspecified atom stereocenters. The van der Waals surface area contributed by atoms with Crippen molar-refractivity contribution in [2.75, 3.05) is 7.11 Å². The third-order valence-corrected chi connectivity index (χ3v) is 3.70. The summed E-state index contributed by atoms with van der Waals surface area (Å²) in [6.45, 7) is 0.675. The lowest BCUT2D eigenvalue weighted by Gasteiger charge is -2.08. The number of nitrogens with one attached hydrogen (secondary N) is 1. The number of carbonyl (C=O) groups is 1. The summed E-state index contributed by atoms with van der Waals surface area (Å²) in [5.74, 6) is 1.52. The fourth-order valence-electron chi connectivity index (χ4n) is 2.33. The van der Waals surface area contributed by atoms with Crippen molar-refractivity contribution in [3.63, 3.8) is 0 Å². The minimum atomic E-state index is -0.271. The Hall–Kier alpha value is -3.21. The number of furan rings is 1. The Kier molecular flexibility index (Phi) is 5.36. The molecule has 1 amide bonds. The highest BCUT2D eigenvalue weighted by Crippen LogP contribution is 2.16. The average molecular weight is 337 g/mol. The molecular formula is C20H19NO4. The summed E-state index contributed by atoms with van der Waals surface area (Å²) >= 11 is 0. The molecule has 0 saturated heterocycles. The summed E-state index contributed by atoms with van der Waals surface area (Å²) in [6.07, 6.45) is 1.49. The molecule has 3 aromatic rings. The molecule has 1 aromatic heterocycles. The van der Waals surface area contributed by atoms with Crippen molar-refractivity contribution < 1.29 is 18.7 Å². The Morgan fingerprint density at radius 2 is 1.76 bits per heavy atom. The number of benzene rings is 2. The maximum Gasteiger partial charge on any atom is 0.287 e. The van der Waals surface area contributed by atoms with E-state index >= 15 is 0 Å². The first kappa shape index (κ1) is 16.6. The molecule has 0 spiro atoms. The van der Waals surface area contributed by atoms with Gasteiger partial charge in [0.2, 0.25) is 0 Å². The molecule has 3 rings (SSSR count). The lowest BCUT2D eigenvalue weighted by Crippen LogP contribution is -2.23. The zero-order valence-electron chi connectivity index (χ0n) is 13.9. The van der Waals surface area contributed by atoms with Crippen LogP contribution in [0.15, 0.2) is 71.3 Å². The fraction of sp³-hybridized carbons (Fsp3) is 0.150. The predicted molar refractivity (Wildman–Crippen MR) is 93.6 cm³/mol. The number of hydrogen-bond donors (Lipinski definition) is 1. The van der Waals surface area contributed by atoms with Crippen LogP contribution in [0, 0.1) is 0 Å². The number of para-hydroxylation sites is 1. The molecule has 25 heavy (non-hydrogen) atoms. The van der Waals surface area contributed by atoms with Crippen LogP contribution in [0.25, 0.3) is 0 Å². The van der Waals surface area contributed by atoms with Crippen molar-refractivity contribution >= 4 is 5.91 Å². The molecular weight excluding hydrogens is 318 g/mol. The highest BCUT2D eigenvalue weighted by molar-refractivity contribution is 5.92. The van der Waals surface area contributed by atoms with Gasteiger partial charge in [0.1, 0.15) is 18.1 Å². The van der Waals surface area contributed by atoms with Crippen LogP contribution in [0.5, 0.6) is 11.5 Å². The molecule has 0 aliphatic heterocycles. The molecule has 0 fully saturated rings. The number of carbonyl (C=O) groups excluding carboxylic acids is 1. The van der Waals surface area contributed by atoms with Gasteiger partial charge in [-0.05, 0) is 35.9 Å². The Balaban J connectivity index is 1.58. The van der Waals surface area contributed by atoms with E-state index in [2.05, 4.69) is 5.32 Å². The average Bonchev–Trinajstić information content (AvgIpc) is 3.14. The SMILES string of the molecule is COc1ccc(CNC(=O)c2occc2COc2ccccc2)cc1. The minimum absolute atomic E-state index is 0.268. The van der Waals surface area contributed by atoms with E-state index in [0.717, 1.165) is 17.1 Å². The molecule has 5 heteroatoms. The zero-order chi connectivity index (χ0) is 17.5. The molecule has 5 nitrogen and oxygen atoms in total. The van der Waals surface area contributed by atoms with Gasteiger partial charge in [0.05, 0.1) is 13.4 Å². The second-order valence-electron chi connectivity index (χ2n) is 5.41. The van der Waals surface area contributed by atoms with E-state index in [0.29, 0.717) is 12.1 Å². The highest BCUT2D eigenvalue weighted by Gasteiger charge is 2.15. The molecule has 0 radical (unpaired) electrons. The normalized spacial score (nSPS) is 10.3. The molecule has 2 aromatic carbocycles. The fourth-order valence-corrected chi connectivity index (χ4v) is 2.33. The van der Waals surface area contributed by atoms with Gasteiger partial charge in [-0.2, -0.15) is 0 Å². The van der Waals surface area contributed by atoms with Gasteiger partial charge in [-0.3, -0.25) is 4.79 Å². The van der Waals surface area contributed by atoms with Crippen LogP contribution in [0.1, 0.15) is 21.7 Å². The number of amides is 1. The van der Waals surface area contributed by atoms with E-state index < -0.39 is 0 Å².